The van der Waals surface area contributed by atoms with Gasteiger partial charge in [0.25, 0.3) is 0 Å². The van der Waals surface area contributed by atoms with Crippen LogP contribution in [-0.4, -0.2) is 29.7 Å². The zero-order valence-electron chi connectivity index (χ0n) is 13.9. The van der Waals surface area contributed by atoms with Crippen LogP contribution in [0.4, 0.5) is 5.69 Å². The number of methoxy groups -OCH3 is 1. The number of amides is 1. The number of nitrogens with one attached hydrogen (secondary N) is 1. The lowest BCUT2D eigenvalue weighted by atomic mass is 10.2. The Bertz CT molecular complexity index is 973. The third-order valence-electron chi connectivity index (χ3n) is 3.61. The summed E-state index contributed by atoms with van der Waals surface area (Å²) in [5.41, 5.74) is 1.56. The number of nitrogens with zero attached hydrogens (tertiary/aromatic N) is 1. The average molecular weight is 387 g/mol. The summed E-state index contributed by atoms with van der Waals surface area (Å²) in [5, 5.41) is 4.06. The van der Waals surface area contributed by atoms with E-state index in [4.69, 9.17) is 11.6 Å². The predicted molar refractivity (Wildman–Crippen MR) is 104 cm³/mol. The molecule has 3 rings (SSSR count). The van der Waals surface area contributed by atoms with Crippen molar-refractivity contribution in [3.63, 3.8) is 0 Å². The van der Waals surface area contributed by atoms with Gasteiger partial charge in [0, 0.05) is 22.2 Å². The lowest BCUT2D eigenvalue weighted by Gasteiger charge is -2.09. The van der Waals surface area contributed by atoms with Gasteiger partial charge in [-0.05, 0) is 30.3 Å². The minimum atomic E-state index is -0.553. The fraction of sp³-hybridized carbons (Fsp3) is 0.105. The molecule has 0 aliphatic heterocycles. The number of rotatable bonds is 5. The van der Waals surface area contributed by atoms with Crippen LogP contribution in [0.1, 0.15) is 10.4 Å². The van der Waals surface area contributed by atoms with E-state index in [0.29, 0.717) is 5.69 Å². The van der Waals surface area contributed by atoms with Gasteiger partial charge in [0.05, 0.1) is 29.0 Å². The summed E-state index contributed by atoms with van der Waals surface area (Å²) in [4.78, 5) is 29.2. The number of esters is 1. The summed E-state index contributed by atoms with van der Waals surface area (Å²) < 4.78 is 4.68. The van der Waals surface area contributed by atoms with Gasteiger partial charge in [-0.2, -0.15) is 0 Å². The minimum Gasteiger partial charge on any atom is -0.465 e. The van der Waals surface area contributed by atoms with Crippen molar-refractivity contribution in [2.45, 2.75) is 4.90 Å². The maximum absolute atomic E-state index is 12.3. The van der Waals surface area contributed by atoms with E-state index in [1.54, 1.807) is 18.3 Å². The van der Waals surface area contributed by atoms with Crippen LogP contribution >= 0.6 is 23.4 Å². The summed E-state index contributed by atoms with van der Waals surface area (Å²) in [7, 11) is 1.28. The number of halogens is 1. The third-order valence-corrected chi connectivity index (χ3v) is 4.99. The van der Waals surface area contributed by atoms with Crippen LogP contribution in [0, 0.1) is 0 Å². The van der Waals surface area contributed by atoms with E-state index in [1.807, 2.05) is 30.3 Å². The second-order valence-corrected chi connectivity index (χ2v) is 6.78. The topological polar surface area (TPSA) is 68.3 Å². The summed E-state index contributed by atoms with van der Waals surface area (Å²) >= 11 is 7.38. The Labute approximate surface area is 159 Å². The standard InChI is InChI=1S/C19H15ClN2O3S/c1-25-19(24)14-10-13(7-8-15(14)20)22-17(23)11-26-16-6-2-4-12-5-3-9-21-18(12)16/h2-10H,11H2,1H3,(H,22,23). The first kappa shape index (κ1) is 18.2. The number of fused-ring (bicyclic) bond motifs is 1. The number of hydrogen-bond acceptors (Lipinski definition) is 5. The predicted octanol–water partition coefficient (Wildman–Crippen LogP) is 4.41. The molecule has 2 aromatic carbocycles. The first-order chi connectivity index (χ1) is 12.6. The van der Waals surface area contributed by atoms with Crippen molar-refractivity contribution in [1.29, 1.82) is 0 Å². The Morgan fingerprint density at radius 2 is 2.00 bits per heavy atom. The fourth-order valence-corrected chi connectivity index (χ4v) is 3.44. The molecular weight excluding hydrogens is 372 g/mol. The Kier molecular flexibility index (Phi) is 5.75. The van der Waals surface area contributed by atoms with Crippen molar-refractivity contribution in [2.24, 2.45) is 0 Å². The van der Waals surface area contributed by atoms with Crippen molar-refractivity contribution in [1.82, 2.24) is 4.98 Å². The monoisotopic (exact) mass is 386 g/mol. The molecule has 0 fully saturated rings. The van der Waals surface area contributed by atoms with Crippen LogP contribution in [0.15, 0.2) is 59.6 Å². The maximum atomic E-state index is 12.3. The highest BCUT2D eigenvalue weighted by atomic mass is 35.5. The minimum absolute atomic E-state index is 0.193. The van der Waals surface area contributed by atoms with Gasteiger partial charge in [-0.1, -0.05) is 29.8 Å². The molecular formula is C19H15ClN2O3S. The van der Waals surface area contributed by atoms with Crippen LogP contribution in [0.5, 0.6) is 0 Å². The van der Waals surface area contributed by atoms with Gasteiger partial charge in [0.1, 0.15) is 0 Å². The van der Waals surface area contributed by atoms with E-state index < -0.39 is 5.97 Å². The SMILES string of the molecule is COC(=O)c1cc(NC(=O)CSc2cccc3cccnc23)ccc1Cl. The number of benzene rings is 2. The largest absolute Gasteiger partial charge is 0.465 e. The molecule has 26 heavy (non-hydrogen) atoms. The number of hydrogen-bond donors (Lipinski definition) is 1. The summed E-state index contributed by atoms with van der Waals surface area (Å²) in [6.07, 6.45) is 1.73. The normalized spacial score (nSPS) is 10.5. The van der Waals surface area contributed by atoms with Crippen molar-refractivity contribution < 1.29 is 14.3 Å². The van der Waals surface area contributed by atoms with Crippen LogP contribution in [-0.2, 0) is 9.53 Å². The fourth-order valence-electron chi connectivity index (χ4n) is 2.40. The van der Waals surface area contributed by atoms with Gasteiger partial charge < -0.3 is 10.1 Å². The quantitative estimate of drug-likeness (QED) is 0.519. The van der Waals surface area contributed by atoms with Gasteiger partial charge in [-0.25, -0.2) is 4.79 Å². The van der Waals surface area contributed by atoms with Crippen molar-refractivity contribution in [2.75, 3.05) is 18.2 Å². The van der Waals surface area contributed by atoms with Crippen LogP contribution in [0.25, 0.3) is 10.9 Å². The molecule has 1 amide bonds. The number of anilines is 1. The number of thioether (sulfide) groups is 1. The van der Waals surface area contributed by atoms with E-state index in [-0.39, 0.29) is 22.2 Å². The molecule has 1 N–H and O–H groups in total. The first-order valence-corrected chi connectivity index (χ1v) is 9.09. The zero-order valence-corrected chi connectivity index (χ0v) is 15.4. The van der Waals surface area contributed by atoms with Gasteiger partial charge in [0.2, 0.25) is 5.91 Å². The van der Waals surface area contributed by atoms with E-state index in [9.17, 15) is 9.59 Å². The lowest BCUT2D eigenvalue weighted by molar-refractivity contribution is -0.113. The molecule has 5 nitrogen and oxygen atoms in total. The molecule has 132 valence electrons. The Morgan fingerprint density at radius 1 is 1.19 bits per heavy atom. The highest BCUT2D eigenvalue weighted by molar-refractivity contribution is 8.00. The van der Waals surface area contributed by atoms with E-state index in [1.165, 1.54) is 24.9 Å². The highest BCUT2D eigenvalue weighted by Gasteiger charge is 2.13. The molecule has 0 aliphatic rings. The Balaban J connectivity index is 1.69. The molecule has 0 radical (unpaired) electrons. The van der Waals surface area contributed by atoms with Crippen LogP contribution in [0.2, 0.25) is 5.02 Å². The van der Waals surface area contributed by atoms with Crippen molar-refractivity contribution in [3.8, 4) is 0 Å². The maximum Gasteiger partial charge on any atom is 0.339 e. The van der Waals surface area contributed by atoms with Gasteiger partial charge in [-0.15, -0.1) is 11.8 Å². The molecule has 0 spiro atoms. The average Bonchev–Trinajstić information content (AvgIpc) is 2.67. The first-order valence-electron chi connectivity index (χ1n) is 7.73. The van der Waals surface area contributed by atoms with Crippen molar-refractivity contribution in [3.05, 3.63) is 65.3 Å². The summed E-state index contributed by atoms with van der Waals surface area (Å²) in [5.74, 6) is -0.533. The number of ether oxygens (including phenoxy) is 1. The number of carbonyl (C=O) groups excluding carboxylic acids is 2. The van der Waals surface area contributed by atoms with Crippen LogP contribution in [0.3, 0.4) is 0 Å². The van der Waals surface area contributed by atoms with Gasteiger partial charge in [-0.3, -0.25) is 9.78 Å². The smallest absolute Gasteiger partial charge is 0.339 e. The summed E-state index contributed by atoms with van der Waals surface area (Å²) in [6, 6.07) is 14.4. The Hall–Kier alpha value is -2.57. The summed E-state index contributed by atoms with van der Waals surface area (Å²) in [6.45, 7) is 0. The van der Waals surface area contributed by atoms with E-state index in [2.05, 4.69) is 15.0 Å². The van der Waals surface area contributed by atoms with Crippen molar-refractivity contribution >= 4 is 51.8 Å². The molecule has 1 heterocycles. The zero-order chi connectivity index (χ0) is 18.5. The molecule has 0 atom stereocenters. The van der Waals surface area contributed by atoms with Gasteiger partial charge in [0.15, 0.2) is 0 Å². The molecule has 3 aromatic rings. The number of para-hydroxylation sites is 1. The molecule has 0 bridgehead atoms. The second kappa shape index (κ2) is 8.21. The van der Waals surface area contributed by atoms with E-state index >= 15 is 0 Å². The molecule has 0 saturated carbocycles. The highest BCUT2D eigenvalue weighted by Crippen LogP contribution is 2.26. The molecule has 0 unspecified atom stereocenters. The Morgan fingerprint density at radius 3 is 2.81 bits per heavy atom. The third kappa shape index (κ3) is 4.15. The van der Waals surface area contributed by atoms with Gasteiger partial charge >= 0.3 is 5.97 Å². The molecule has 0 aliphatic carbocycles. The number of carbonyl (C=O) groups is 2. The van der Waals surface area contributed by atoms with E-state index in [0.717, 1.165) is 15.8 Å². The second-order valence-electron chi connectivity index (χ2n) is 5.35. The number of pyridine rings is 1. The molecule has 7 heteroatoms. The van der Waals surface area contributed by atoms with Crippen LogP contribution < -0.4 is 5.32 Å². The number of aromatic nitrogens is 1. The molecule has 0 saturated heterocycles. The molecule has 1 aromatic heterocycles. The lowest BCUT2D eigenvalue weighted by Crippen LogP contribution is -2.14.